The van der Waals surface area contributed by atoms with Crippen LogP contribution < -0.4 is 11.5 Å². The molecule has 0 aromatic heterocycles. The van der Waals surface area contributed by atoms with Crippen LogP contribution in [0.25, 0.3) is 0 Å². The summed E-state index contributed by atoms with van der Waals surface area (Å²) >= 11 is 0. The second-order valence-electron chi connectivity index (χ2n) is 8.37. The molecule has 26 heavy (non-hydrogen) atoms. The lowest BCUT2D eigenvalue weighted by Gasteiger charge is -2.25. The van der Waals surface area contributed by atoms with Gasteiger partial charge in [-0.1, -0.05) is 91.4 Å². The average molecular weight is 375 g/mol. The molecule has 0 heterocycles. The fraction of sp³-hybridized carbons (Fsp3) is 1.00. The Morgan fingerprint density at radius 2 is 1.04 bits per heavy atom. The fourth-order valence-electron chi connectivity index (χ4n) is 2.84. The lowest BCUT2D eigenvalue weighted by molar-refractivity contribution is 0.179. The van der Waals surface area contributed by atoms with Crippen LogP contribution in [0.1, 0.15) is 118 Å². The van der Waals surface area contributed by atoms with E-state index < -0.39 is 0 Å². The molecule has 0 aliphatic heterocycles. The molecule has 160 valence electrons. The van der Waals surface area contributed by atoms with Crippen LogP contribution in [0, 0.1) is 0 Å². The molecule has 0 rings (SSSR count). The summed E-state index contributed by atoms with van der Waals surface area (Å²) in [6.07, 6.45) is 16.8. The quantitative estimate of drug-likeness (QED) is 0.289. The predicted octanol–water partition coefficient (Wildman–Crippen LogP) is 4.89. The molecule has 0 aromatic rings. The third-order valence-corrected chi connectivity index (χ3v) is 5.26. The number of nitrogens with two attached hydrogens (primary N) is 2. The lowest BCUT2D eigenvalue weighted by atomic mass is 9.91. The topological polar surface area (TPSA) is 92.5 Å². The monoisotopic (exact) mass is 374 g/mol. The van der Waals surface area contributed by atoms with Crippen LogP contribution in [0.5, 0.6) is 0 Å². The zero-order valence-electron chi connectivity index (χ0n) is 18.4. The van der Waals surface area contributed by atoms with E-state index in [2.05, 4.69) is 13.8 Å². The molecule has 0 amide bonds. The van der Waals surface area contributed by atoms with Crippen molar-refractivity contribution in [2.24, 2.45) is 11.5 Å². The van der Waals surface area contributed by atoms with Crippen LogP contribution in [0.2, 0.25) is 0 Å². The lowest BCUT2D eigenvalue weighted by Crippen LogP contribution is -2.42. The van der Waals surface area contributed by atoms with Gasteiger partial charge in [0, 0.05) is 11.1 Å². The van der Waals surface area contributed by atoms with Crippen molar-refractivity contribution in [3.63, 3.8) is 0 Å². The molecule has 2 unspecified atom stereocenters. The van der Waals surface area contributed by atoms with E-state index in [1.807, 2.05) is 13.8 Å². The fourth-order valence-corrected chi connectivity index (χ4v) is 2.84. The maximum atomic E-state index is 9.06. The molecule has 2 atom stereocenters. The van der Waals surface area contributed by atoms with Gasteiger partial charge in [0.2, 0.25) is 0 Å². The highest BCUT2D eigenvalue weighted by Gasteiger charge is 2.20. The van der Waals surface area contributed by atoms with E-state index >= 15 is 0 Å². The summed E-state index contributed by atoms with van der Waals surface area (Å²) in [5.74, 6) is 0. The van der Waals surface area contributed by atoms with Crippen LogP contribution in [0.15, 0.2) is 0 Å². The van der Waals surface area contributed by atoms with Crippen molar-refractivity contribution >= 4 is 0 Å². The van der Waals surface area contributed by atoms with Crippen molar-refractivity contribution in [1.82, 2.24) is 0 Å². The molecule has 0 radical (unpaired) electrons. The summed E-state index contributed by atoms with van der Waals surface area (Å²) in [7, 11) is 0. The first kappa shape index (κ1) is 28.1. The van der Waals surface area contributed by atoms with Gasteiger partial charge in [-0.3, -0.25) is 0 Å². The van der Waals surface area contributed by atoms with Crippen LogP contribution in [0.4, 0.5) is 0 Å². The minimum atomic E-state index is -0.356. The van der Waals surface area contributed by atoms with Gasteiger partial charge < -0.3 is 21.7 Å². The van der Waals surface area contributed by atoms with E-state index in [-0.39, 0.29) is 24.3 Å². The van der Waals surface area contributed by atoms with Crippen LogP contribution >= 0.6 is 0 Å². The first-order valence-electron chi connectivity index (χ1n) is 11.1. The summed E-state index contributed by atoms with van der Waals surface area (Å²) in [5.41, 5.74) is 11.1. The van der Waals surface area contributed by atoms with Crippen LogP contribution in [0.3, 0.4) is 0 Å². The van der Waals surface area contributed by atoms with Gasteiger partial charge in [0.15, 0.2) is 0 Å². The molecule has 0 aliphatic rings. The Morgan fingerprint density at radius 1 is 0.615 bits per heavy atom. The van der Waals surface area contributed by atoms with Crippen molar-refractivity contribution in [1.29, 1.82) is 0 Å². The number of aliphatic hydroxyl groups excluding tert-OH is 2. The SMILES string of the molecule is CCCCCCCC(N)(CC)CO.CCCCCCCCC(C)(N)CO. The van der Waals surface area contributed by atoms with E-state index in [1.54, 1.807) is 0 Å². The van der Waals surface area contributed by atoms with Crippen molar-refractivity contribution in [2.45, 2.75) is 129 Å². The van der Waals surface area contributed by atoms with Crippen molar-refractivity contribution in [3.05, 3.63) is 0 Å². The molecule has 0 fully saturated rings. The number of unbranched alkanes of at least 4 members (excludes halogenated alkanes) is 9. The number of aliphatic hydroxyl groups is 2. The second kappa shape index (κ2) is 18.2. The highest BCUT2D eigenvalue weighted by atomic mass is 16.3. The smallest absolute Gasteiger partial charge is 0.0611 e. The maximum Gasteiger partial charge on any atom is 0.0611 e. The molecule has 0 saturated heterocycles. The predicted molar refractivity (Wildman–Crippen MR) is 115 cm³/mol. The zero-order valence-corrected chi connectivity index (χ0v) is 18.4. The molecule has 0 bridgehead atoms. The van der Waals surface area contributed by atoms with Crippen molar-refractivity contribution in [3.8, 4) is 0 Å². The van der Waals surface area contributed by atoms with E-state index in [0.717, 1.165) is 32.1 Å². The molecule has 4 heteroatoms. The Labute approximate surface area is 164 Å². The van der Waals surface area contributed by atoms with Gasteiger partial charge in [-0.2, -0.15) is 0 Å². The van der Waals surface area contributed by atoms with Gasteiger partial charge in [0.25, 0.3) is 0 Å². The van der Waals surface area contributed by atoms with E-state index in [9.17, 15) is 0 Å². The van der Waals surface area contributed by atoms with Gasteiger partial charge in [0.05, 0.1) is 13.2 Å². The summed E-state index contributed by atoms with van der Waals surface area (Å²) in [6.45, 7) is 8.62. The van der Waals surface area contributed by atoms with E-state index in [4.69, 9.17) is 21.7 Å². The third kappa shape index (κ3) is 18.6. The minimum absolute atomic E-state index is 0.0992. The van der Waals surface area contributed by atoms with Gasteiger partial charge in [-0.05, 0) is 26.2 Å². The Kier molecular flexibility index (Phi) is 19.7. The zero-order chi connectivity index (χ0) is 20.3. The standard InChI is InChI=1S/2C11H25NO/c1-3-4-5-6-7-8-9-11(2,12)10-13;1-3-5-6-7-8-9-11(12,4-2)10-13/h2*13H,3-10,12H2,1-2H3. The average Bonchev–Trinajstić information content (AvgIpc) is 2.64. The molecular weight excluding hydrogens is 324 g/mol. The molecule has 0 aromatic carbocycles. The minimum Gasteiger partial charge on any atom is -0.394 e. The molecule has 0 aliphatic carbocycles. The Bertz CT molecular complexity index is 279. The molecule has 0 spiro atoms. The Morgan fingerprint density at radius 3 is 1.42 bits per heavy atom. The van der Waals surface area contributed by atoms with Crippen molar-refractivity contribution in [2.75, 3.05) is 13.2 Å². The van der Waals surface area contributed by atoms with Gasteiger partial charge in [-0.15, -0.1) is 0 Å². The largest absolute Gasteiger partial charge is 0.394 e. The maximum absolute atomic E-state index is 9.06. The van der Waals surface area contributed by atoms with E-state index in [1.165, 1.54) is 57.8 Å². The molecule has 6 N–H and O–H groups in total. The summed E-state index contributed by atoms with van der Waals surface area (Å²) in [6, 6.07) is 0. The van der Waals surface area contributed by atoms with Gasteiger partial charge in [-0.25, -0.2) is 0 Å². The number of rotatable bonds is 16. The highest BCUT2D eigenvalue weighted by Crippen LogP contribution is 2.16. The Balaban J connectivity index is 0. The number of hydrogen-bond acceptors (Lipinski definition) is 4. The second-order valence-corrected chi connectivity index (χ2v) is 8.37. The highest BCUT2D eigenvalue weighted by molar-refractivity contribution is 4.81. The third-order valence-electron chi connectivity index (χ3n) is 5.26. The first-order valence-corrected chi connectivity index (χ1v) is 11.1. The Hall–Kier alpha value is -0.160. The normalized spacial score (nSPS) is 15.7. The summed E-state index contributed by atoms with van der Waals surface area (Å²) in [4.78, 5) is 0. The van der Waals surface area contributed by atoms with E-state index in [0.29, 0.717) is 0 Å². The van der Waals surface area contributed by atoms with Crippen molar-refractivity contribution < 1.29 is 10.2 Å². The molecule has 0 saturated carbocycles. The first-order chi connectivity index (χ1) is 12.3. The molecular formula is C22H50N2O2. The van der Waals surface area contributed by atoms with Crippen LogP contribution in [-0.4, -0.2) is 34.5 Å². The van der Waals surface area contributed by atoms with Gasteiger partial charge >= 0.3 is 0 Å². The summed E-state index contributed by atoms with van der Waals surface area (Å²) in [5, 5.41) is 18.0. The number of hydrogen-bond donors (Lipinski definition) is 4. The molecule has 4 nitrogen and oxygen atoms in total. The summed E-state index contributed by atoms with van der Waals surface area (Å²) < 4.78 is 0. The van der Waals surface area contributed by atoms with Gasteiger partial charge in [0.1, 0.15) is 0 Å². The van der Waals surface area contributed by atoms with Crippen LogP contribution in [-0.2, 0) is 0 Å².